The van der Waals surface area contributed by atoms with E-state index < -0.39 is 17.9 Å². The fourth-order valence-corrected chi connectivity index (χ4v) is 3.20. The lowest BCUT2D eigenvalue weighted by Gasteiger charge is -2.24. The Morgan fingerprint density at radius 3 is 2.23 bits per heavy atom. The van der Waals surface area contributed by atoms with Crippen molar-refractivity contribution in [1.82, 2.24) is 14.7 Å². The van der Waals surface area contributed by atoms with E-state index in [4.69, 9.17) is 0 Å². The second kappa shape index (κ2) is 6.60. The number of hydrogen-bond donors (Lipinski definition) is 0. The van der Waals surface area contributed by atoms with Crippen molar-refractivity contribution in [2.24, 2.45) is 0 Å². The minimum atomic E-state index is -4.54. The lowest BCUT2D eigenvalue weighted by atomic mass is 10.2. The molecule has 1 unspecified atom stereocenters. The van der Waals surface area contributed by atoms with Crippen LogP contribution in [-0.2, 0) is 11.0 Å². The Labute approximate surface area is 135 Å². The summed E-state index contributed by atoms with van der Waals surface area (Å²) >= 11 is 2.93. The number of rotatable bonds is 2. The van der Waals surface area contributed by atoms with Gasteiger partial charge in [0.1, 0.15) is 6.04 Å². The number of halogens is 4. The topological polar surface area (TPSA) is 38.1 Å². The van der Waals surface area contributed by atoms with Gasteiger partial charge in [-0.1, -0.05) is 12.8 Å². The van der Waals surface area contributed by atoms with Crippen LogP contribution in [0.15, 0.2) is 4.47 Å². The van der Waals surface area contributed by atoms with Crippen LogP contribution < -0.4 is 0 Å². The maximum Gasteiger partial charge on any atom is 0.436 e. The van der Waals surface area contributed by atoms with Crippen LogP contribution in [-0.4, -0.2) is 33.7 Å². The highest BCUT2D eigenvalue weighted by atomic mass is 79.9. The normalized spacial score (nSPS) is 18.2. The Balaban J connectivity index is 2.25. The number of alkyl halides is 3. The highest BCUT2D eigenvalue weighted by molar-refractivity contribution is 9.10. The minimum Gasteiger partial charge on any atom is -0.341 e. The van der Waals surface area contributed by atoms with Gasteiger partial charge in [0.15, 0.2) is 5.69 Å². The van der Waals surface area contributed by atoms with Gasteiger partial charge in [0, 0.05) is 13.1 Å². The molecule has 1 fully saturated rings. The summed E-state index contributed by atoms with van der Waals surface area (Å²) in [5.74, 6) is -0.172. The molecule has 4 nitrogen and oxygen atoms in total. The summed E-state index contributed by atoms with van der Waals surface area (Å²) < 4.78 is 39.8. The Hall–Kier alpha value is -1.05. The summed E-state index contributed by atoms with van der Waals surface area (Å²) in [4.78, 5) is 14.3. The highest BCUT2D eigenvalue weighted by Crippen LogP contribution is 2.36. The molecule has 0 aromatic carbocycles. The van der Waals surface area contributed by atoms with Crippen molar-refractivity contribution in [3.05, 3.63) is 15.9 Å². The lowest BCUT2D eigenvalue weighted by molar-refractivity contribution is -0.143. The second-order valence-corrected chi connectivity index (χ2v) is 6.40. The molecule has 2 rings (SSSR count). The molecule has 0 radical (unpaired) electrons. The first-order valence-corrected chi connectivity index (χ1v) is 8.13. The maximum absolute atomic E-state index is 12.9. The van der Waals surface area contributed by atoms with Crippen molar-refractivity contribution in [1.29, 1.82) is 0 Å². The predicted molar refractivity (Wildman–Crippen MR) is 79.4 cm³/mol. The third-order valence-electron chi connectivity index (χ3n) is 3.99. The molecule has 1 saturated heterocycles. The average Bonchev–Trinajstić information content (AvgIpc) is 2.66. The van der Waals surface area contributed by atoms with Gasteiger partial charge in [0.25, 0.3) is 0 Å². The molecule has 1 amide bonds. The monoisotopic (exact) mass is 381 g/mol. The fourth-order valence-electron chi connectivity index (χ4n) is 2.72. The van der Waals surface area contributed by atoms with Crippen molar-refractivity contribution in [2.45, 2.75) is 51.7 Å². The van der Waals surface area contributed by atoms with Crippen LogP contribution in [0.2, 0.25) is 0 Å². The third-order valence-corrected chi connectivity index (χ3v) is 4.94. The van der Waals surface area contributed by atoms with Crippen LogP contribution in [0.3, 0.4) is 0 Å². The van der Waals surface area contributed by atoms with E-state index in [0.29, 0.717) is 18.8 Å². The number of hydrogen-bond acceptors (Lipinski definition) is 2. The molecule has 1 aliphatic heterocycles. The van der Waals surface area contributed by atoms with Crippen molar-refractivity contribution in [3.8, 4) is 0 Å². The number of nitrogens with zero attached hydrogens (tertiary/aromatic N) is 3. The van der Waals surface area contributed by atoms with Crippen LogP contribution in [0.5, 0.6) is 0 Å². The van der Waals surface area contributed by atoms with Gasteiger partial charge in [-0.2, -0.15) is 18.3 Å². The minimum absolute atomic E-state index is 0.101. The molecule has 8 heteroatoms. The van der Waals surface area contributed by atoms with Gasteiger partial charge in [-0.3, -0.25) is 9.48 Å². The number of carbonyl (C=O) groups is 1. The van der Waals surface area contributed by atoms with Crippen LogP contribution in [0.25, 0.3) is 0 Å². The van der Waals surface area contributed by atoms with E-state index in [-0.39, 0.29) is 10.4 Å². The van der Waals surface area contributed by atoms with Gasteiger partial charge < -0.3 is 4.90 Å². The van der Waals surface area contributed by atoms with E-state index in [2.05, 4.69) is 21.0 Å². The van der Waals surface area contributed by atoms with Crippen LogP contribution in [0, 0.1) is 6.92 Å². The average molecular weight is 382 g/mol. The van der Waals surface area contributed by atoms with E-state index in [0.717, 1.165) is 25.7 Å². The molecular weight excluding hydrogens is 363 g/mol. The van der Waals surface area contributed by atoms with Gasteiger partial charge >= 0.3 is 6.18 Å². The summed E-state index contributed by atoms with van der Waals surface area (Å²) in [5, 5.41) is 3.62. The Morgan fingerprint density at radius 2 is 1.77 bits per heavy atom. The smallest absolute Gasteiger partial charge is 0.341 e. The molecule has 1 aliphatic rings. The first-order chi connectivity index (χ1) is 10.2. The zero-order valence-electron chi connectivity index (χ0n) is 12.6. The van der Waals surface area contributed by atoms with Gasteiger partial charge in [0.05, 0.1) is 10.2 Å². The highest BCUT2D eigenvalue weighted by Gasteiger charge is 2.39. The molecular formula is C14H19BrF3N3O. The molecule has 1 atom stereocenters. The quantitative estimate of drug-likeness (QED) is 0.777. The molecule has 0 bridgehead atoms. The largest absolute Gasteiger partial charge is 0.436 e. The van der Waals surface area contributed by atoms with Gasteiger partial charge in [-0.25, -0.2) is 0 Å². The molecule has 0 saturated carbocycles. The summed E-state index contributed by atoms with van der Waals surface area (Å²) in [7, 11) is 0. The van der Waals surface area contributed by atoms with Gasteiger partial charge in [0.2, 0.25) is 5.91 Å². The van der Waals surface area contributed by atoms with Gasteiger partial charge in [-0.05, 0) is 42.6 Å². The fraction of sp³-hybridized carbons (Fsp3) is 0.714. The van der Waals surface area contributed by atoms with Crippen LogP contribution in [0.4, 0.5) is 13.2 Å². The molecule has 0 N–H and O–H groups in total. The molecule has 1 aromatic heterocycles. The maximum atomic E-state index is 12.9. The van der Waals surface area contributed by atoms with Crippen molar-refractivity contribution in [3.63, 3.8) is 0 Å². The zero-order valence-corrected chi connectivity index (χ0v) is 14.2. The number of amides is 1. The van der Waals surface area contributed by atoms with Crippen molar-refractivity contribution < 1.29 is 18.0 Å². The Morgan fingerprint density at radius 1 is 1.23 bits per heavy atom. The second-order valence-electron chi connectivity index (χ2n) is 5.61. The standard InChI is InChI=1S/C14H19BrF3N3O/c1-9-11(15)12(14(16,17)18)19-21(9)10(2)13(22)20-7-5-3-4-6-8-20/h10H,3-8H2,1-2H3. The third kappa shape index (κ3) is 3.47. The van der Waals surface area contributed by atoms with E-state index in [1.807, 2.05) is 0 Å². The summed E-state index contributed by atoms with van der Waals surface area (Å²) in [6.45, 7) is 4.45. The molecule has 0 spiro atoms. The Kier molecular flexibility index (Phi) is 5.19. The summed E-state index contributed by atoms with van der Waals surface area (Å²) in [6, 6.07) is -0.745. The van der Waals surface area contributed by atoms with E-state index in [1.165, 1.54) is 11.6 Å². The number of aromatic nitrogens is 2. The predicted octanol–water partition coefficient (Wildman–Crippen LogP) is 3.94. The lowest BCUT2D eigenvalue weighted by Crippen LogP contribution is -2.37. The molecule has 0 aliphatic carbocycles. The van der Waals surface area contributed by atoms with Crippen LogP contribution >= 0.6 is 15.9 Å². The van der Waals surface area contributed by atoms with Gasteiger partial charge in [-0.15, -0.1) is 0 Å². The molecule has 2 heterocycles. The zero-order chi connectivity index (χ0) is 16.5. The first-order valence-electron chi connectivity index (χ1n) is 7.34. The molecule has 124 valence electrons. The SMILES string of the molecule is Cc1c(Br)c(C(F)(F)F)nn1C(C)C(=O)N1CCCCCC1. The molecule has 1 aromatic rings. The molecule has 22 heavy (non-hydrogen) atoms. The number of likely N-dealkylation sites (tertiary alicyclic amines) is 1. The Bertz CT molecular complexity index is 548. The van der Waals surface area contributed by atoms with E-state index in [9.17, 15) is 18.0 Å². The van der Waals surface area contributed by atoms with Crippen LogP contribution in [0.1, 0.15) is 50.0 Å². The number of carbonyl (C=O) groups excluding carboxylic acids is 1. The van der Waals surface area contributed by atoms with Crippen molar-refractivity contribution >= 4 is 21.8 Å². The van der Waals surface area contributed by atoms with Crippen molar-refractivity contribution in [2.75, 3.05) is 13.1 Å². The first kappa shape index (κ1) is 17.3. The summed E-state index contributed by atoms with van der Waals surface area (Å²) in [6.07, 6.45) is -0.492. The summed E-state index contributed by atoms with van der Waals surface area (Å²) in [5.41, 5.74) is -0.677. The van der Waals surface area contributed by atoms with E-state index in [1.54, 1.807) is 11.8 Å². The van der Waals surface area contributed by atoms with E-state index >= 15 is 0 Å².